The van der Waals surface area contributed by atoms with E-state index < -0.39 is 6.10 Å². The van der Waals surface area contributed by atoms with Gasteiger partial charge in [0.2, 0.25) is 0 Å². The van der Waals surface area contributed by atoms with Crippen molar-refractivity contribution in [2.75, 3.05) is 52.5 Å². The Bertz CT molecular complexity index is 591. The number of amides is 1. The highest BCUT2D eigenvalue weighted by atomic mass is 16.5. The monoisotopic (exact) mass is 392 g/mol. The normalized spacial score (nSPS) is 33.3. The summed E-state index contributed by atoms with van der Waals surface area (Å²) in [4.78, 5) is 16.5. The number of ether oxygens (including phenoxy) is 2. The number of hydrogen-bond donors (Lipinski definition) is 1. The molecule has 5 rings (SSSR count). The van der Waals surface area contributed by atoms with Gasteiger partial charge in [0, 0.05) is 39.3 Å². The van der Waals surface area contributed by atoms with E-state index in [4.69, 9.17) is 9.47 Å². The van der Waals surface area contributed by atoms with Crippen LogP contribution in [-0.4, -0.2) is 85.6 Å². The van der Waals surface area contributed by atoms with Crippen molar-refractivity contribution in [1.29, 1.82) is 0 Å². The predicted octanol–water partition coefficient (Wildman–Crippen LogP) is 1.68. The van der Waals surface area contributed by atoms with Crippen molar-refractivity contribution in [2.45, 2.75) is 51.7 Å². The lowest BCUT2D eigenvalue weighted by molar-refractivity contribution is -0.142. The zero-order valence-electron chi connectivity index (χ0n) is 17.4. The van der Waals surface area contributed by atoms with Crippen LogP contribution in [0, 0.1) is 17.3 Å². The molecule has 0 aromatic rings. The Kier molecular flexibility index (Phi) is 6.12. The second-order valence-electron chi connectivity index (χ2n) is 9.62. The molecule has 158 valence electrons. The molecule has 0 spiro atoms. The Hall–Kier alpha value is -0.950. The molecular weight excluding hydrogens is 356 g/mol. The van der Waals surface area contributed by atoms with Crippen LogP contribution in [0.2, 0.25) is 0 Å². The minimum atomic E-state index is -0.480. The minimum absolute atomic E-state index is 0.142. The fourth-order valence-corrected chi connectivity index (χ4v) is 5.43. The Labute approximate surface area is 168 Å². The summed E-state index contributed by atoms with van der Waals surface area (Å²) >= 11 is 0. The third kappa shape index (κ3) is 4.16. The van der Waals surface area contributed by atoms with Gasteiger partial charge in [0.1, 0.15) is 6.10 Å². The Balaban J connectivity index is 1.13. The van der Waals surface area contributed by atoms with Gasteiger partial charge < -0.3 is 19.5 Å². The molecule has 0 aromatic heterocycles. The van der Waals surface area contributed by atoms with E-state index in [9.17, 15) is 9.90 Å². The topological polar surface area (TPSA) is 62.2 Å². The van der Waals surface area contributed by atoms with Crippen molar-refractivity contribution < 1.29 is 19.4 Å². The van der Waals surface area contributed by atoms with E-state index in [1.807, 2.05) is 4.90 Å². The van der Waals surface area contributed by atoms with Crippen LogP contribution in [0.3, 0.4) is 0 Å². The molecule has 0 radical (unpaired) electrons. The molecule has 1 N–H and O–H groups in total. The minimum Gasteiger partial charge on any atom is -0.389 e. The van der Waals surface area contributed by atoms with Crippen LogP contribution in [0.5, 0.6) is 0 Å². The van der Waals surface area contributed by atoms with Gasteiger partial charge in [0.25, 0.3) is 5.91 Å². The van der Waals surface area contributed by atoms with E-state index in [1.165, 1.54) is 18.4 Å². The second kappa shape index (κ2) is 8.42. The van der Waals surface area contributed by atoms with E-state index in [0.29, 0.717) is 37.7 Å². The summed E-state index contributed by atoms with van der Waals surface area (Å²) in [6.07, 6.45) is 5.98. The van der Waals surface area contributed by atoms with Gasteiger partial charge in [0.05, 0.1) is 19.3 Å². The summed E-state index contributed by atoms with van der Waals surface area (Å²) in [5.74, 6) is 1.65. The van der Waals surface area contributed by atoms with Crippen molar-refractivity contribution in [2.24, 2.45) is 17.3 Å². The van der Waals surface area contributed by atoms with Crippen LogP contribution in [0.1, 0.15) is 39.5 Å². The average Bonchev–Trinajstić information content (AvgIpc) is 3.23. The van der Waals surface area contributed by atoms with Crippen LogP contribution in [0.25, 0.3) is 0 Å². The molecule has 4 unspecified atom stereocenters. The standard InChI is InChI=1S/C22H36N2O4/c1-22(2)17-6-5-16(19(22)12-17)14-27-15-18(25)13-23-7-9-24(10-8-23)21(26)20-4-3-11-28-20/h5,17-20,25H,3-4,6-15H2,1-2H3. The molecule has 2 aliphatic heterocycles. The van der Waals surface area contributed by atoms with E-state index in [0.717, 1.165) is 44.9 Å². The quantitative estimate of drug-likeness (QED) is 0.668. The van der Waals surface area contributed by atoms with Crippen LogP contribution in [0.4, 0.5) is 0 Å². The fraction of sp³-hybridized carbons (Fsp3) is 0.864. The molecule has 1 amide bonds. The molecule has 0 aromatic carbocycles. The van der Waals surface area contributed by atoms with E-state index in [2.05, 4.69) is 24.8 Å². The lowest BCUT2D eigenvalue weighted by atomic mass is 9.49. The first-order valence-corrected chi connectivity index (χ1v) is 11.0. The molecule has 3 aliphatic carbocycles. The number of β-amino-alcohol motifs (C(OH)–C–C–N with tert-alkyl or cyclic N) is 1. The molecule has 2 bridgehead atoms. The SMILES string of the molecule is CC1(C)C2CC=C(COCC(O)CN3CCN(C(=O)C4CCCO4)CC3)C1C2. The van der Waals surface area contributed by atoms with Crippen molar-refractivity contribution >= 4 is 5.91 Å². The average molecular weight is 393 g/mol. The fourth-order valence-electron chi connectivity index (χ4n) is 5.43. The van der Waals surface area contributed by atoms with Gasteiger partial charge in [-0.15, -0.1) is 0 Å². The maximum Gasteiger partial charge on any atom is 0.251 e. The van der Waals surface area contributed by atoms with Crippen molar-refractivity contribution in [3.05, 3.63) is 11.6 Å². The maximum atomic E-state index is 12.4. The van der Waals surface area contributed by atoms with Gasteiger partial charge in [-0.3, -0.25) is 9.69 Å². The lowest BCUT2D eigenvalue weighted by Gasteiger charge is -2.56. The summed E-state index contributed by atoms with van der Waals surface area (Å²) < 4.78 is 11.4. The van der Waals surface area contributed by atoms with Crippen LogP contribution >= 0.6 is 0 Å². The summed E-state index contributed by atoms with van der Waals surface area (Å²) in [5, 5.41) is 10.4. The second-order valence-corrected chi connectivity index (χ2v) is 9.62. The first kappa shape index (κ1) is 20.3. The lowest BCUT2D eigenvalue weighted by Crippen LogP contribution is -2.53. The molecule has 5 aliphatic rings. The van der Waals surface area contributed by atoms with Crippen molar-refractivity contribution in [3.8, 4) is 0 Å². The zero-order chi connectivity index (χ0) is 19.7. The number of carbonyl (C=O) groups excluding carboxylic acids is 1. The number of piperazine rings is 1. The molecule has 2 heterocycles. The number of hydrogen-bond acceptors (Lipinski definition) is 5. The molecule has 28 heavy (non-hydrogen) atoms. The Morgan fingerprint density at radius 2 is 2.14 bits per heavy atom. The molecule has 6 nitrogen and oxygen atoms in total. The van der Waals surface area contributed by atoms with E-state index >= 15 is 0 Å². The number of aliphatic hydroxyl groups is 1. The number of rotatable bonds is 7. The number of carbonyl (C=O) groups is 1. The van der Waals surface area contributed by atoms with Gasteiger partial charge in [-0.05, 0) is 48.5 Å². The Morgan fingerprint density at radius 3 is 2.79 bits per heavy atom. The molecular formula is C22H36N2O4. The third-order valence-electron chi connectivity index (χ3n) is 7.52. The first-order chi connectivity index (χ1) is 13.4. The van der Waals surface area contributed by atoms with Crippen LogP contribution in [-0.2, 0) is 14.3 Å². The Morgan fingerprint density at radius 1 is 1.36 bits per heavy atom. The van der Waals surface area contributed by atoms with Crippen molar-refractivity contribution in [3.63, 3.8) is 0 Å². The van der Waals surface area contributed by atoms with Gasteiger partial charge in [-0.2, -0.15) is 0 Å². The highest BCUT2D eigenvalue weighted by Crippen LogP contribution is 2.59. The number of aliphatic hydroxyl groups excluding tert-OH is 1. The highest BCUT2D eigenvalue weighted by Gasteiger charge is 2.50. The maximum absolute atomic E-state index is 12.4. The number of nitrogens with zero attached hydrogens (tertiary/aromatic N) is 2. The van der Waals surface area contributed by atoms with Gasteiger partial charge in [-0.25, -0.2) is 0 Å². The smallest absolute Gasteiger partial charge is 0.251 e. The number of fused-ring (bicyclic) bond motifs is 1. The van der Waals surface area contributed by atoms with Crippen LogP contribution in [0.15, 0.2) is 11.6 Å². The third-order valence-corrected chi connectivity index (χ3v) is 7.52. The molecule has 2 saturated heterocycles. The van der Waals surface area contributed by atoms with Crippen molar-refractivity contribution in [1.82, 2.24) is 9.80 Å². The summed E-state index contributed by atoms with van der Waals surface area (Å²) in [6, 6.07) is 0. The summed E-state index contributed by atoms with van der Waals surface area (Å²) in [6.45, 7) is 10.1. The molecule has 6 heteroatoms. The van der Waals surface area contributed by atoms with Gasteiger partial charge >= 0.3 is 0 Å². The van der Waals surface area contributed by atoms with Gasteiger partial charge in [0.15, 0.2) is 0 Å². The highest BCUT2D eigenvalue weighted by molar-refractivity contribution is 5.81. The first-order valence-electron chi connectivity index (χ1n) is 11.0. The predicted molar refractivity (Wildman–Crippen MR) is 107 cm³/mol. The largest absolute Gasteiger partial charge is 0.389 e. The molecule has 4 atom stereocenters. The van der Waals surface area contributed by atoms with Gasteiger partial charge in [-0.1, -0.05) is 19.9 Å². The molecule has 1 saturated carbocycles. The zero-order valence-corrected chi connectivity index (χ0v) is 17.4. The number of allylic oxidation sites excluding steroid dienone is 1. The van der Waals surface area contributed by atoms with Crippen LogP contribution < -0.4 is 0 Å². The molecule has 3 fully saturated rings. The summed E-state index contributed by atoms with van der Waals surface area (Å²) in [5.41, 5.74) is 1.85. The van der Waals surface area contributed by atoms with E-state index in [-0.39, 0.29) is 12.0 Å². The summed E-state index contributed by atoms with van der Waals surface area (Å²) in [7, 11) is 0. The van der Waals surface area contributed by atoms with E-state index in [1.54, 1.807) is 0 Å².